The Labute approximate surface area is 143 Å². The van der Waals surface area contributed by atoms with Crippen LogP contribution in [-0.4, -0.2) is 32.4 Å². The van der Waals surface area contributed by atoms with E-state index < -0.39 is 23.3 Å². The maximum absolute atomic E-state index is 12.0. The van der Waals surface area contributed by atoms with Gasteiger partial charge < -0.3 is 25.2 Å². The maximum atomic E-state index is 12.0. The molecule has 7 heteroatoms. The molecule has 0 aliphatic rings. The number of hydrogen-bond donors (Lipinski definition) is 4. The van der Waals surface area contributed by atoms with Gasteiger partial charge in [-0.1, -0.05) is 24.8 Å². The largest absolute Gasteiger partial charge is 0.508 e. The number of rotatable bonds is 6. The molecular formula is C18H16O7. The van der Waals surface area contributed by atoms with Crippen molar-refractivity contribution in [3.8, 4) is 17.2 Å². The summed E-state index contributed by atoms with van der Waals surface area (Å²) in [5.41, 5.74) is -1.84. The Kier molecular flexibility index (Phi) is 4.97. The minimum atomic E-state index is -2.16. The highest BCUT2D eigenvalue weighted by Crippen LogP contribution is 2.35. The van der Waals surface area contributed by atoms with Crippen LogP contribution in [0.1, 0.15) is 11.1 Å². The minimum absolute atomic E-state index is 0.0303. The number of phenols is 3. The van der Waals surface area contributed by atoms with Crippen molar-refractivity contribution in [3.63, 3.8) is 0 Å². The Hall–Kier alpha value is -3.48. The number of phenolic OH excluding ortho intramolecular Hbond substituents is 3. The number of carboxylic acids is 1. The highest BCUT2D eigenvalue weighted by Gasteiger charge is 2.45. The van der Waals surface area contributed by atoms with Crippen LogP contribution in [-0.2, 0) is 26.3 Å². The molecule has 4 N–H and O–H groups in total. The number of esters is 1. The molecule has 0 fully saturated rings. The van der Waals surface area contributed by atoms with E-state index in [0.29, 0.717) is 0 Å². The maximum Gasteiger partial charge on any atom is 0.353 e. The van der Waals surface area contributed by atoms with E-state index in [-0.39, 0.29) is 29.0 Å². The lowest BCUT2D eigenvalue weighted by atomic mass is 9.86. The molecule has 0 aliphatic carbocycles. The van der Waals surface area contributed by atoms with E-state index in [1.807, 2.05) is 0 Å². The molecule has 0 aromatic heterocycles. The normalized spacial score (nSPS) is 12.8. The number of carboxylic acid groups (broad SMARTS) is 1. The van der Waals surface area contributed by atoms with Crippen LogP contribution < -0.4 is 0 Å². The molecule has 0 aliphatic heterocycles. The molecular weight excluding hydrogens is 328 g/mol. The number of benzene rings is 2. The lowest BCUT2D eigenvalue weighted by Gasteiger charge is -2.29. The summed E-state index contributed by atoms with van der Waals surface area (Å²) in [6.07, 6.45) is 0.480. The third-order valence-corrected chi connectivity index (χ3v) is 3.59. The van der Waals surface area contributed by atoms with Gasteiger partial charge in [0, 0.05) is 18.1 Å². The third-order valence-electron chi connectivity index (χ3n) is 3.59. The van der Waals surface area contributed by atoms with Crippen LogP contribution in [0.15, 0.2) is 55.1 Å². The highest BCUT2D eigenvalue weighted by atomic mass is 16.6. The van der Waals surface area contributed by atoms with Crippen LogP contribution in [0.2, 0.25) is 0 Å². The SMILES string of the molecule is C=CC(=O)OC(Cc1ccc(O)c(O)c1)(C(=O)O)c1cccc(O)c1. The van der Waals surface area contributed by atoms with Crippen LogP contribution >= 0.6 is 0 Å². The molecule has 0 saturated heterocycles. The molecule has 0 amide bonds. The number of carbonyl (C=O) groups excluding carboxylic acids is 1. The van der Waals surface area contributed by atoms with E-state index in [1.165, 1.54) is 36.4 Å². The van der Waals surface area contributed by atoms with Gasteiger partial charge in [-0.05, 0) is 29.8 Å². The summed E-state index contributed by atoms with van der Waals surface area (Å²) in [5.74, 6) is -3.45. The zero-order valence-corrected chi connectivity index (χ0v) is 13.0. The van der Waals surface area contributed by atoms with Crippen molar-refractivity contribution in [2.24, 2.45) is 0 Å². The number of aromatic hydroxyl groups is 3. The fourth-order valence-corrected chi connectivity index (χ4v) is 2.38. The van der Waals surface area contributed by atoms with E-state index >= 15 is 0 Å². The van der Waals surface area contributed by atoms with Crippen molar-refractivity contribution in [1.82, 2.24) is 0 Å². The van der Waals surface area contributed by atoms with Gasteiger partial charge in [0.25, 0.3) is 0 Å². The zero-order valence-electron chi connectivity index (χ0n) is 13.0. The summed E-state index contributed by atoms with van der Waals surface area (Å²) in [6.45, 7) is 3.26. The molecule has 0 saturated carbocycles. The second-order valence-corrected chi connectivity index (χ2v) is 5.31. The Morgan fingerprint density at radius 1 is 1.08 bits per heavy atom. The number of carbonyl (C=O) groups is 2. The molecule has 130 valence electrons. The molecule has 25 heavy (non-hydrogen) atoms. The fourth-order valence-electron chi connectivity index (χ4n) is 2.38. The van der Waals surface area contributed by atoms with E-state index in [0.717, 1.165) is 12.1 Å². The van der Waals surface area contributed by atoms with Crippen LogP contribution in [0.4, 0.5) is 0 Å². The van der Waals surface area contributed by atoms with Crippen molar-refractivity contribution in [2.45, 2.75) is 12.0 Å². The predicted molar refractivity (Wildman–Crippen MR) is 87.2 cm³/mol. The van der Waals surface area contributed by atoms with Gasteiger partial charge in [0.05, 0.1) is 0 Å². The van der Waals surface area contributed by atoms with Crippen molar-refractivity contribution >= 4 is 11.9 Å². The van der Waals surface area contributed by atoms with Crippen LogP contribution in [0, 0.1) is 0 Å². The van der Waals surface area contributed by atoms with Gasteiger partial charge in [-0.2, -0.15) is 0 Å². The number of hydrogen-bond acceptors (Lipinski definition) is 6. The summed E-state index contributed by atoms with van der Waals surface area (Å²) < 4.78 is 5.15. The quantitative estimate of drug-likeness (QED) is 0.359. The van der Waals surface area contributed by atoms with E-state index in [4.69, 9.17) is 4.74 Å². The monoisotopic (exact) mass is 344 g/mol. The Morgan fingerprint density at radius 3 is 2.36 bits per heavy atom. The average molecular weight is 344 g/mol. The van der Waals surface area contributed by atoms with Crippen molar-refractivity contribution < 1.29 is 34.8 Å². The van der Waals surface area contributed by atoms with Crippen LogP contribution in [0.25, 0.3) is 0 Å². The Balaban J connectivity index is 2.60. The minimum Gasteiger partial charge on any atom is -0.508 e. The molecule has 2 rings (SSSR count). The molecule has 1 atom stereocenters. The second-order valence-electron chi connectivity index (χ2n) is 5.31. The van der Waals surface area contributed by atoms with Crippen molar-refractivity contribution in [1.29, 1.82) is 0 Å². The first-order valence-corrected chi connectivity index (χ1v) is 7.17. The molecule has 0 spiro atoms. The van der Waals surface area contributed by atoms with Crippen molar-refractivity contribution in [3.05, 3.63) is 66.2 Å². The lowest BCUT2D eigenvalue weighted by molar-refractivity contribution is -0.177. The van der Waals surface area contributed by atoms with Gasteiger partial charge in [0.1, 0.15) is 5.75 Å². The summed E-state index contributed by atoms with van der Waals surface area (Å²) >= 11 is 0. The standard InChI is InChI=1S/C18H16O7/c1-2-16(22)25-18(17(23)24,12-4-3-5-13(19)9-12)10-11-6-7-14(20)15(21)8-11/h2-9,19-21H,1,10H2,(H,23,24). The van der Waals surface area contributed by atoms with Gasteiger partial charge in [0.2, 0.25) is 5.60 Å². The summed E-state index contributed by atoms with van der Waals surface area (Å²) in [4.78, 5) is 23.8. The van der Waals surface area contributed by atoms with Gasteiger partial charge in [-0.25, -0.2) is 9.59 Å². The molecule has 0 bridgehead atoms. The first-order chi connectivity index (χ1) is 11.8. The van der Waals surface area contributed by atoms with Gasteiger partial charge in [0.15, 0.2) is 11.5 Å². The summed E-state index contributed by atoms with van der Waals surface area (Å²) in [7, 11) is 0. The molecule has 7 nitrogen and oxygen atoms in total. The third kappa shape index (κ3) is 3.72. The number of aliphatic carboxylic acids is 1. The van der Waals surface area contributed by atoms with Gasteiger partial charge in [-0.3, -0.25) is 0 Å². The molecule has 0 heterocycles. The van der Waals surface area contributed by atoms with Crippen LogP contribution in [0.5, 0.6) is 17.2 Å². The summed E-state index contributed by atoms with van der Waals surface area (Å²) in [6, 6.07) is 9.06. The topological polar surface area (TPSA) is 124 Å². The smallest absolute Gasteiger partial charge is 0.353 e. The lowest BCUT2D eigenvalue weighted by Crippen LogP contribution is -2.42. The molecule has 1 unspecified atom stereocenters. The van der Waals surface area contributed by atoms with E-state index in [2.05, 4.69) is 6.58 Å². The predicted octanol–water partition coefficient (Wildman–Crippen LogP) is 2.06. The van der Waals surface area contributed by atoms with Crippen molar-refractivity contribution in [2.75, 3.05) is 0 Å². The Bertz CT molecular complexity index is 828. The summed E-state index contributed by atoms with van der Waals surface area (Å²) in [5, 5.41) is 38.5. The molecule has 0 radical (unpaired) electrons. The first kappa shape index (κ1) is 17.9. The average Bonchev–Trinajstić information content (AvgIpc) is 2.57. The zero-order chi connectivity index (χ0) is 18.6. The van der Waals surface area contributed by atoms with E-state index in [1.54, 1.807) is 0 Å². The fraction of sp³-hybridized carbons (Fsp3) is 0.111. The first-order valence-electron chi connectivity index (χ1n) is 7.17. The van der Waals surface area contributed by atoms with Crippen LogP contribution in [0.3, 0.4) is 0 Å². The molecule has 2 aromatic carbocycles. The second kappa shape index (κ2) is 6.96. The number of ether oxygens (including phenoxy) is 1. The van der Waals surface area contributed by atoms with E-state index in [9.17, 15) is 30.0 Å². The Morgan fingerprint density at radius 2 is 1.80 bits per heavy atom. The molecule has 2 aromatic rings. The van der Waals surface area contributed by atoms with Gasteiger partial charge in [-0.15, -0.1) is 0 Å². The highest BCUT2D eigenvalue weighted by molar-refractivity contribution is 5.88. The van der Waals surface area contributed by atoms with Gasteiger partial charge >= 0.3 is 11.9 Å².